The first-order valence-corrected chi connectivity index (χ1v) is 29.2. The van der Waals surface area contributed by atoms with Gasteiger partial charge in [-0.15, -0.1) is 0 Å². The van der Waals surface area contributed by atoms with Gasteiger partial charge in [-0.2, -0.15) is 0 Å². The van der Waals surface area contributed by atoms with Crippen LogP contribution in [0.15, 0.2) is 73.6 Å². The Kier molecular flexibility index (Phi) is 29.6. The van der Waals surface area contributed by atoms with Gasteiger partial charge >= 0.3 is 0 Å². The predicted molar refractivity (Wildman–Crippen MR) is 330 cm³/mol. The zero-order chi connectivity index (χ0) is 65.3. The molecule has 0 saturated carbocycles. The maximum absolute atomic E-state index is 13.3. The quantitative estimate of drug-likeness (QED) is 0.0192. The number of aromatic nitrogens is 8. The standard InChI is InChI=1S/C58H81N17O16/c1-71-18-16-61-52(71)57(82)65-42-35-47(73(3)37-42)70-50(78)11-10-49(77)66-45-39-75(5)54(69-45)58(83)64-41-34-44(72(2)36-41)55(80)62-15-13-51(79)67-46-38-74(4)53(68-46)56(81)63-14-12-48(76)60-17-19-84-20-21-85-22-23-86-24-25-87-26-27-88-28-29-89-30-31-90-32-33-91-43-8-6-40(59)7-9-43/h6-9,16,18,34-39H,10-15,17,19-33,59H2,1-5H3,(H,60,76)(H,62,80)(H,63,81)(H,64,83)(H,65,82)(H,66,77)(H,67,79)(H,70,78). The number of carbonyl (C=O) groups is 8. The van der Waals surface area contributed by atoms with Crippen molar-refractivity contribution in [2.45, 2.75) is 25.7 Å². The van der Waals surface area contributed by atoms with Crippen molar-refractivity contribution in [1.82, 2.24) is 53.7 Å². The minimum absolute atomic E-state index is 0.00448. The molecule has 5 aromatic heterocycles. The fourth-order valence-electron chi connectivity index (χ4n) is 8.20. The van der Waals surface area contributed by atoms with E-state index < -0.39 is 41.4 Å². The second kappa shape index (κ2) is 38.1. The van der Waals surface area contributed by atoms with E-state index in [4.69, 9.17) is 43.6 Å². The summed E-state index contributed by atoms with van der Waals surface area (Å²) < 4.78 is 51.5. The molecular weight excluding hydrogens is 1190 g/mol. The molecule has 0 fully saturated rings. The number of rotatable bonds is 43. The van der Waals surface area contributed by atoms with Crippen LogP contribution < -0.4 is 53.0 Å². The molecule has 8 amide bonds. The van der Waals surface area contributed by atoms with Crippen LogP contribution in [0.4, 0.5) is 34.5 Å². The topological polar surface area (TPSA) is 396 Å². The van der Waals surface area contributed by atoms with Gasteiger partial charge in [-0.25, -0.2) is 15.0 Å². The monoisotopic (exact) mass is 1270 g/mol. The third-order valence-corrected chi connectivity index (χ3v) is 12.8. The van der Waals surface area contributed by atoms with Gasteiger partial charge in [-0.3, -0.25) is 38.4 Å². The highest BCUT2D eigenvalue weighted by Crippen LogP contribution is 2.20. The summed E-state index contributed by atoms with van der Waals surface area (Å²) in [6.45, 7) is 6.44. The molecule has 0 radical (unpaired) electrons. The average Bonchev–Trinajstić information content (AvgIpc) is 2.29. The van der Waals surface area contributed by atoms with Crippen LogP contribution in [-0.2, 0) is 87.6 Å². The van der Waals surface area contributed by atoms with Gasteiger partial charge in [0.15, 0.2) is 17.5 Å². The molecule has 1 aromatic carbocycles. The Bertz CT molecular complexity index is 3320. The summed E-state index contributed by atoms with van der Waals surface area (Å²) in [5.74, 6) is -2.49. The molecule has 33 heteroatoms. The number of imidazole rings is 3. The van der Waals surface area contributed by atoms with Crippen LogP contribution in [-0.4, -0.2) is 204 Å². The summed E-state index contributed by atoms with van der Waals surface area (Å²) >= 11 is 0. The van der Waals surface area contributed by atoms with E-state index >= 15 is 0 Å². The Hall–Kier alpha value is -9.51. The van der Waals surface area contributed by atoms with E-state index in [0.29, 0.717) is 110 Å². The van der Waals surface area contributed by atoms with Gasteiger partial charge < -0.3 is 109 Å². The van der Waals surface area contributed by atoms with E-state index in [1.54, 1.807) is 75.0 Å². The van der Waals surface area contributed by atoms with Crippen molar-refractivity contribution in [1.29, 1.82) is 0 Å². The summed E-state index contributed by atoms with van der Waals surface area (Å²) in [6, 6.07) is 10.2. The smallest absolute Gasteiger partial charge is 0.291 e. The second-order valence-corrected chi connectivity index (χ2v) is 20.1. The van der Waals surface area contributed by atoms with Crippen molar-refractivity contribution in [3.63, 3.8) is 0 Å². The highest BCUT2D eigenvalue weighted by molar-refractivity contribution is 6.04. The zero-order valence-corrected chi connectivity index (χ0v) is 51.7. The Morgan fingerprint density at radius 3 is 1.41 bits per heavy atom. The van der Waals surface area contributed by atoms with Crippen LogP contribution in [0.1, 0.15) is 68.0 Å². The SMILES string of the molecule is Cn1cc(NC(=O)c2nccn2C)cc1NC(=O)CCC(=O)Nc1cn(C)c(C(=O)Nc2cc(C(=O)NCCC(=O)Nc3cn(C)c(C(=O)NCCC(=O)NCCOCCOCCOCCOCCOCCOCCOCCOc4ccc(N)cc4)n3)n(C)c2)n1. The molecule has 33 nitrogen and oxygen atoms in total. The van der Waals surface area contributed by atoms with Gasteiger partial charge in [0.05, 0.1) is 104 Å². The van der Waals surface area contributed by atoms with E-state index in [9.17, 15) is 38.4 Å². The molecule has 0 atom stereocenters. The van der Waals surface area contributed by atoms with E-state index in [0.717, 1.165) is 5.75 Å². The maximum atomic E-state index is 13.3. The van der Waals surface area contributed by atoms with Crippen LogP contribution in [0.25, 0.3) is 0 Å². The van der Waals surface area contributed by atoms with E-state index in [-0.39, 0.29) is 98.3 Å². The molecule has 0 spiro atoms. The number of hydrogen-bond acceptors (Lipinski definition) is 20. The first-order chi connectivity index (χ1) is 43.9. The predicted octanol–water partition coefficient (Wildman–Crippen LogP) is 1.20. The van der Waals surface area contributed by atoms with Crippen molar-refractivity contribution < 1.29 is 76.3 Å². The molecule has 6 rings (SSSR count). The summed E-state index contributed by atoms with van der Waals surface area (Å²) in [5.41, 5.74) is 7.21. The van der Waals surface area contributed by atoms with Gasteiger partial charge in [0.2, 0.25) is 35.3 Å². The van der Waals surface area contributed by atoms with Crippen molar-refractivity contribution in [3.8, 4) is 5.75 Å². The summed E-state index contributed by atoms with van der Waals surface area (Å²) in [7, 11) is 8.09. The van der Waals surface area contributed by atoms with Gasteiger partial charge in [0, 0.05) is 129 Å². The largest absolute Gasteiger partial charge is 0.491 e. The Morgan fingerprint density at radius 1 is 0.418 bits per heavy atom. The second-order valence-electron chi connectivity index (χ2n) is 20.1. The molecule has 0 aliphatic heterocycles. The van der Waals surface area contributed by atoms with Gasteiger partial charge in [0.25, 0.3) is 23.6 Å². The van der Waals surface area contributed by atoms with Crippen LogP contribution >= 0.6 is 0 Å². The number of carbonyl (C=O) groups excluding carboxylic acids is 8. The number of ether oxygens (including phenoxy) is 8. The molecular formula is C58H81N17O16. The number of hydrogen-bond donors (Lipinski definition) is 9. The summed E-state index contributed by atoms with van der Waals surface area (Å²) in [5, 5.41) is 21.3. The van der Waals surface area contributed by atoms with Crippen LogP contribution in [0.3, 0.4) is 0 Å². The molecule has 0 aliphatic rings. The van der Waals surface area contributed by atoms with Crippen LogP contribution in [0.5, 0.6) is 5.75 Å². The third-order valence-electron chi connectivity index (χ3n) is 12.8. The molecule has 0 saturated heterocycles. The van der Waals surface area contributed by atoms with Crippen LogP contribution in [0.2, 0.25) is 0 Å². The lowest BCUT2D eigenvalue weighted by molar-refractivity contribution is -0.121. The van der Waals surface area contributed by atoms with E-state index in [1.807, 2.05) is 12.1 Å². The molecule has 494 valence electrons. The molecule has 5 heterocycles. The molecule has 0 aliphatic carbocycles. The lowest BCUT2D eigenvalue weighted by Crippen LogP contribution is -2.33. The Labute approximate surface area is 524 Å². The summed E-state index contributed by atoms with van der Waals surface area (Å²) in [6.07, 6.45) is 8.62. The number of aryl methyl sites for hydroxylation is 5. The fraction of sp³-hybridized carbons (Fsp3) is 0.466. The Morgan fingerprint density at radius 2 is 0.868 bits per heavy atom. The molecule has 10 N–H and O–H groups in total. The van der Waals surface area contributed by atoms with Crippen molar-refractivity contribution in [2.75, 3.05) is 151 Å². The van der Waals surface area contributed by atoms with Crippen molar-refractivity contribution in [2.24, 2.45) is 35.2 Å². The minimum atomic E-state index is -0.644. The first kappa shape index (κ1) is 70.6. The highest BCUT2D eigenvalue weighted by Gasteiger charge is 2.21. The summed E-state index contributed by atoms with van der Waals surface area (Å²) in [4.78, 5) is 115. The molecule has 0 unspecified atom stereocenters. The average molecular weight is 1270 g/mol. The van der Waals surface area contributed by atoms with E-state index in [2.05, 4.69) is 57.5 Å². The maximum Gasteiger partial charge on any atom is 0.291 e. The number of nitrogen functional groups attached to an aromatic ring is 1. The molecule has 0 bridgehead atoms. The number of anilines is 6. The number of amides is 8. The minimum Gasteiger partial charge on any atom is -0.491 e. The number of nitrogens with zero attached hydrogens (tertiary/aromatic N) is 8. The van der Waals surface area contributed by atoms with E-state index in [1.165, 1.54) is 44.6 Å². The number of benzene rings is 1. The lowest BCUT2D eigenvalue weighted by atomic mass is 10.3. The molecule has 91 heavy (non-hydrogen) atoms. The van der Waals surface area contributed by atoms with Gasteiger partial charge in [0.1, 0.15) is 23.9 Å². The third kappa shape index (κ3) is 25.5. The Balaban J connectivity index is 0.729. The highest BCUT2D eigenvalue weighted by atomic mass is 16.6. The zero-order valence-electron chi connectivity index (χ0n) is 51.7. The van der Waals surface area contributed by atoms with Gasteiger partial charge in [-0.1, -0.05) is 0 Å². The first-order valence-electron chi connectivity index (χ1n) is 29.2. The van der Waals surface area contributed by atoms with Crippen LogP contribution in [0, 0.1) is 0 Å². The van der Waals surface area contributed by atoms with Crippen molar-refractivity contribution >= 4 is 81.8 Å². The molecule has 6 aromatic rings. The fourth-order valence-corrected chi connectivity index (χ4v) is 8.20. The van der Waals surface area contributed by atoms with Gasteiger partial charge in [-0.05, 0) is 30.3 Å². The number of nitrogens with one attached hydrogen (secondary N) is 8. The van der Waals surface area contributed by atoms with Crippen molar-refractivity contribution in [3.05, 3.63) is 96.7 Å². The number of nitrogens with two attached hydrogens (primary N) is 1. The normalized spacial score (nSPS) is 11.0. The lowest BCUT2D eigenvalue weighted by Gasteiger charge is -2.09.